The largest absolute Gasteiger partial charge is 0.155 e. The van der Waals surface area contributed by atoms with E-state index in [-0.39, 0.29) is 0 Å². The SMILES string of the molecule is CC(C)=C/C=C(\C)c1ccc(C)nn1. The average molecular weight is 188 g/mol. The second-order valence-electron chi connectivity index (χ2n) is 3.65. The molecule has 0 bridgehead atoms. The third-order valence-corrected chi connectivity index (χ3v) is 1.87. The summed E-state index contributed by atoms with van der Waals surface area (Å²) in [6.07, 6.45) is 4.14. The molecule has 0 fully saturated rings. The molecule has 0 aliphatic heterocycles. The molecule has 0 saturated carbocycles. The van der Waals surface area contributed by atoms with E-state index in [4.69, 9.17) is 0 Å². The molecule has 0 atom stereocenters. The molecule has 14 heavy (non-hydrogen) atoms. The molecule has 1 rings (SSSR count). The highest BCUT2D eigenvalue weighted by atomic mass is 15.1. The van der Waals surface area contributed by atoms with Crippen molar-refractivity contribution in [2.75, 3.05) is 0 Å². The lowest BCUT2D eigenvalue weighted by Crippen LogP contribution is -1.91. The Bertz CT molecular complexity index is 354. The molecule has 0 amide bonds. The van der Waals surface area contributed by atoms with Gasteiger partial charge in [0.1, 0.15) is 0 Å². The topological polar surface area (TPSA) is 25.8 Å². The number of aromatic nitrogens is 2. The van der Waals surface area contributed by atoms with Crippen LogP contribution in [0.4, 0.5) is 0 Å². The molecule has 1 aromatic rings. The Labute approximate surface area is 85.4 Å². The second kappa shape index (κ2) is 4.70. The number of hydrogen-bond donors (Lipinski definition) is 0. The maximum absolute atomic E-state index is 4.11. The molecule has 0 radical (unpaired) electrons. The zero-order chi connectivity index (χ0) is 10.6. The fourth-order valence-electron chi connectivity index (χ4n) is 0.986. The lowest BCUT2D eigenvalue weighted by molar-refractivity contribution is 0.963. The van der Waals surface area contributed by atoms with E-state index in [2.05, 4.69) is 36.2 Å². The lowest BCUT2D eigenvalue weighted by atomic mass is 10.1. The van der Waals surface area contributed by atoms with Crippen LogP contribution in [0.25, 0.3) is 5.57 Å². The van der Waals surface area contributed by atoms with Gasteiger partial charge in [0.05, 0.1) is 11.4 Å². The molecule has 0 saturated heterocycles. The number of allylic oxidation sites excluding steroid dienone is 4. The summed E-state index contributed by atoms with van der Waals surface area (Å²) < 4.78 is 0. The minimum absolute atomic E-state index is 0.938. The van der Waals surface area contributed by atoms with Gasteiger partial charge in [-0.2, -0.15) is 10.2 Å². The molecule has 0 aliphatic rings. The van der Waals surface area contributed by atoms with Gasteiger partial charge in [0, 0.05) is 0 Å². The highest BCUT2D eigenvalue weighted by Crippen LogP contribution is 2.10. The molecule has 1 aromatic heterocycles. The maximum Gasteiger partial charge on any atom is 0.0886 e. The van der Waals surface area contributed by atoms with E-state index in [1.807, 2.05) is 26.0 Å². The molecular formula is C12H16N2. The van der Waals surface area contributed by atoms with Gasteiger partial charge in [0.2, 0.25) is 0 Å². The molecule has 2 nitrogen and oxygen atoms in total. The first-order valence-corrected chi connectivity index (χ1v) is 4.72. The minimum Gasteiger partial charge on any atom is -0.155 e. The molecule has 0 unspecified atom stereocenters. The van der Waals surface area contributed by atoms with Crippen LogP contribution in [0, 0.1) is 6.92 Å². The van der Waals surface area contributed by atoms with Gasteiger partial charge in [-0.25, -0.2) is 0 Å². The summed E-state index contributed by atoms with van der Waals surface area (Å²) in [5.41, 5.74) is 4.31. The van der Waals surface area contributed by atoms with Gasteiger partial charge >= 0.3 is 0 Å². The van der Waals surface area contributed by atoms with Crippen molar-refractivity contribution in [3.63, 3.8) is 0 Å². The molecule has 74 valence electrons. The van der Waals surface area contributed by atoms with E-state index >= 15 is 0 Å². The summed E-state index contributed by atoms with van der Waals surface area (Å²) >= 11 is 0. The zero-order valence-corrected chi connectivity index (χ0v) is 9.20. The van der Waals surface area contributed by atoms with Crippen molar-refractivity contribution in [3.8, 4) is 0 Å². The highest BCUT2D eigenvalue weighted by Gasteiger charge is 1.95. The van der Waals surface area contributed by atoms with Gasteiger partial charge < -0.3 is 0 Å². The van der Waals surface area contributed by atoms with E-state index in [0.717, 1.165) is 17.0 Å². The molecule has 0 spiro atoms. The highest BCUT2D eigenvalue weighted by molar-refractivity contribution is 5.61. The van der Waals surface area contributed by atoms with Gasteiger partial charge in [0.15, 0.2) is 0 Å². The van der Waals surface area contributed by atoms with Crippen LogP contribution in [0.3, 0.4) is 0 Å². The van der Waals surface area contributed by atoms with Crippen LogP contribution < -0.4 is 0 Å². The zero-order valence-electron chi connectivity index (χ0n) is 9.20. The van der Waals surface area contributed by atoms with Gasteiger partial charge in [-0.3, -0.25) is 0 Å². The third kappa shape index (κ3) is 3.13. The van der Waals surface area contributed by atoms with Crippen molar-refractivity contribution in [1.82, 2.24) is 10.2 Å². The summed E-state index contributed by atoms with van der Waals surface area (Å²) in [7, 11) is 0. The van der Waals surface area contributed by atoms with Crippen molar-refractivity contribution in [3.05, 3.63) is 41.2 Å². The standard InChI is InChI=1S/C12H16N2/c1-9(2)5-6-10(3)12-8-7-11(4)13-14-12/h5-8H,1-4H3/b10-6+. The number of hydrogen-bond acceptors (Lipinski definition) is 2. The van der Waals surface area contributed by atoms with Crippen molar-refractivity contribution in [2.45, 2.75) is 27.7 Å². The first kappa shape index (κ1) is 10.6. The molecule has 0 aromatic carbocycles. The van der Waals surface area contributed by atoms with Crippen LogP contribution >= 0.6 is 0 Å². The smallest absolute Gasteiger partial charge is 0.0886 e. The van der Waals surface area contributed by atoms with Crippen LogP contribution in [-0.2, 0) is 0 Å². The molecule has 2 heteroatoms. The Morgan fingerprint density at radius 1 is 1.07 bits per heavy atom. The first-order valence-electron chi connectivity index (χ1n) is 4.72. The van der Waals surface area contributed by atoms with Crippen LogP contribution in [0.15, 0.2) is 29.9 Å². The van der Waals surface area contributed by atoms with E-state index < -0.39 is 0 Å². The van der Waals surface area contributed by atoms with Crippen LogP contribution in [-0.4, -0.2) is 10.2 Å². The van der Waals surface area contributed by atoms with Gasteiger partial charge in [-0.1, -0.05) is 17.7 Å². The third-order valence-electron chi connectivity index (χ3n) is 1.87. The van der Waals surface area contributed by atoms with E-state index in [9.17, 15) is 0 Å². The van der Waals surface area contributed by atoms with Crippen LogP contribution in [0.2, 0.25) is 0 Å². The molecular weight excluding hydrogens is 172 g/mol. The van der Waals surface area contributed by atoms with Crippen molar-refractivity contribution in [1.29, 1.82) is 0 Å². The maximum atomic E-state index is 4.11. The predicted molar refractivity (Wildman–Crippen MR) is 59.9 cm³/mol. The van der Waals surface area contributed by atoms with Crippen molar-refractivity contribution >= 4 is 5.57 Å². The summed E-state index contributed by atoms with van der Waals surface area (Å²) in [5, 5.41) is 8.12. The summed E-state index contributed by atoms with van der Waals surface area (Å²) in [6.45, 7) is 8.12. The fourth-order valence-corrected chi connectivity index (χ4v) is 0.986. The Morgan fingerprint density at radius 2 is 1.79 bits per heavy atom. The van der Waals surface area contributed by atoms with Crippen molar-refractivity contribution < 1.29 is 0 Å². The Morgan fingerprint density at radius 3 is 2.29 bits per heavy atom. The van der Waals surface area contributed by atoms with E-state index in [1.165, 1.54) is 5.57 Å². The Kier molecular flexibility index (Phi) is 3.57. The van der Waals surface area contributed by atoms with Crippen LogP contribution in [0.1, 0.15) is 32.2 Å². The summed E-state index contributed by atoms with van der Waals surface area (Å²) in [6, 6.07) is 3.97. The number of nitrogens with zero attached hydrogens (tertiary/aromatic N) is 2. The normalized spacial score (nSPS) is 11.3. The summed E-state index contributed by atoms with van der Waals surface area (Å²) in [4.78, 5) is 0. The monoisotopic (exact) mass is 188 g/mol. The van der Waals surface area contributed by atoms with E-state index in [0.29, 0.717) is 0 Å². The minimum atomic E-state index is 0.938. The average Bonchev–Trinajstić information content (AvgIpc) is 2.15. The van der Waals surface area contributed by atoms with Gasteiger partial charge in [-0.15, -0.1) is 0 Å². The lowest BCUT2D eigenvalue weighted by Gasteiger charge is -1.98. The number of rotatable bonds is 2. The van der Waals surface area contributed by atoms with Crippen molar-refractivity contribution in [2.24, 2.45) is 0 Å². The Balaban J connectivity index is 2.89. The molecule has 1 heterocycles. The number of aryl methyl sites for hydroxylation is 1. The second-order valence-corrected chi connectivity index (χ2v) is 3.65. The Hall–Kier alpha value is -1.44. The van der Waals surface area contributed by atoms with Crippen LogP contribution in [0.5, 0.6) is 0 Å². The first-order chi connectivity index (χ1) is 6.59. The van der Waals surface area contributed by atoms with Gasteiger partial charge in [-0.05, 0) is 45.4 Å². The molecule has 0 N–H and O–H groups in total. The van der Waals surface area contributed by atoms with Gasteiger partial charge in [0.25, 0.3) is 0 Å². The molecule has 0 aliphatic carbocycles. The predicted octanol–water partition coefficient (Wildman–Crippen LogP) is 3.15. The fraction of sp³-hybridized carbons (Fsp3) is 0.333. The quantitative estimate of drug-likeness (QED) is 0.666. The summed E-state index contributed by atoms with van der Waals surface area (Å²) in [5.74, 6) is 0. The van der Waals surface area contributed by atoms with E-state index in [1.54, 1.807) is 0 Å².